The molecule has 3 heteroatoms. The molecular weight excluding hydrogens is 336 g/mol. The summed E-state index contributed by atoms with van der Waals surface area (Å²) in [5.74, 6) is 3.24. The summed E-state index contributed by atoms with van der Waals surface area (Å²) in [6.45, 7) is 7.23. The number of aliphatic hydroxyl groups is 1. The minimum atomic E-state index is -0.874. The van der Waals surface area contributed by atoms with Crippen LogP contribution < -0.4 is 0 Å². The van der Waals surface area contributed by atoms with Gasteiger partial charge in [-0.2, -0.15) is 0 Å². The first-order chi connectivity index (χ1) is 12.8. The standard InChI is InChI=1S/C24H40O3/c1-15(21(25)14-22(26)27)18-9-10-19-17-8-7-16-6-4-5-12-23(16,2)20(17)11-13-24(18,19)3/h15-21,25H,4-14H2,1-3H3,(H,26,27)/t15-,16?,17-,18+,19-,20-,21?,23-,24+/m0/s1. The van der Waals surface area contributed by atoms with Gasteiger partial charge in [-0.25, -0.2) is 0 Å². The summed E-state index contributed by atoms with van der Waals surface area (Å²) < 4.78 is 0. The molecule has 0 aromatic heterocycles. The van der Waals surface area contributed by atoms with E-state index in [1.807, 2.05) is 0 Å². The number of rotatable bonds is 4. The molecule has 27 heavy (non-hydrogen) atoms. The lowest BCUT2D eigenvalue weighted by Crippen LogP contribution is -2.53. The van der Waals surface area contributed by atoms with Crippen molar-refractivity contribution in [3.63, 3.8) is 0 Å². The number of hydrogen-bond acceptors (Lipinski definition) is 2. The molecular formula is C24H40O3. The van der Waals surface area contributed by atoms with E-state index in [1.165, 1.54) is 64.2 Å². The maximum atomic E-state index is 11.1. The number of hydrogen-bond donors (Lipinski definition) is 2. The second kappa shape index (κ2) is 7.04. The van der Waals surface area contributed by atoms with Crippen LogP contribution in [0.2, 0.25) is 0 Å². The van der Waals surface area contributed by atoms with Crippen molar-refractivity contribution in [2.45, 2.75) is 97.5 Å². The highest BCUT2D eigenvalue weighted by Crippen LogP contribution is 2.68. The van der Waals surface area contributed by atoms with Crippen molar-refractivity contribution in [2.75, 3.05) is 0 Å². The molecule has 0 aliphatic heterocycles. The van der Waals surface area contributed by atoms with Gasteiger partial charge in [0.15, 0.2) is 0 Å². The first-order valence-electron chi connectivity index (χ1n) is 11.7. The Labute approximate surface area is 165 Å². The van der Waals surface area contributed by atoms with Gasteiger partial charge in [-0.1, -0.05) is 33.6 Å². The van der Waals surface area contributed by atoms with Crippen molar-refractivity contribution in [1.82, 2.24) is 0 Å². The van der Waals surface area contributed by atoms with Crippen LogP contribution in [0.15, 0.2) is 0 Å². The largest absolute Gasteiger partial charge is 0.481 e. The number of carboxylic acids is 1. The highest BCUT2D eigenvalue weighted by Gasteiger charge is 2.60. The molecule has 2 N–H and O–H groups in total. The highest BCUT2D eigenvalue weighted by molar-refractivity contribution is 5.67. The Hall–Kier alpha value is -0.570. The predicted molar refractivity (Wildman–Crippen MR) is 107 cm³/mol. The van der Waals surface area contributed by atoms with Crippen molar-refractivity contribution in [3.8, 4) is 0 Å². The van der Waals surface area contributed by atoms with Crippen LogP contribution in [0.5, 0.6) is 0 Å². The lowest BCUT2D eigenvalue weighted by atomic mass is 9.44. The molecule has 0 aromatic rings. The van der Waals surface area contributed by atoms with E-state index in [4.69, 9.17) is 5.11 Å². The first-order valence-corrected chi connectivity index (χ1v) is 11.7. The summed E-state index contributed by atoms with van der Waals surface area (Å²) in [7, 11) is 0. The van der Waals surface area contributed by atoms with Gasteiger partial charge in [0.2, 0.25) is 0 Å². The Morgan fingerprint density at radius 1 is 0.963 bits per heavy atom. The molecule has 4 fully saturated rings. The fourth-order valence-electron chi connectivity index (χ4n) is 8.83. The maximum Gasteiger partial charge on any atom is 0.305 e. The summed E-state index contributed by atoms with van der Waals surface area (Å²) in [6.07, 6.45) is 13.0. The maximum absolute atomic E-state index is 11.1. The normalized spacial score (nSPS) is 48.8. The Bertz CT molecular complexity index is 574. The van der Waals surface area contributed by atoms with Crippen LogP contribution in [0.4, 0.5) is 0 Å². The molecule has 9 atom stereocenters. The predicted octanol–water partition coefficient (Wildman–Crippen LogP) is 5.51. The summed E-state index contributed by atoms with van der Waals surface area (Å²) in [5.41, 5.74) is 0.882. The van der Waals surface area contributed by atoms with Crippen LogP contribution in [0, 0.1) is 46.3 Å². The summed E-state index contributed by atoms with van der Waals surface area (Å²) in [5, 5.41) is 19.6. The van der Waals surface area contributed by atoms with E-state index in [2.05, 4.69) is 20.8 Å². The van der Waals surface area contributed by atoms with E-state index in [1.54, 1.807) is 0 Å². The lowest BCUT2D eigenvalue weighted by molar-refractivity contribution is -0.141. The van der Waals surface area contributed by atoms with E-state index in [0.717, 1.165) is 23.7 Å². The number of carbonyl (C=O) groups is 1. The van der Waals surface area contributed by atoms with Crippen LogP contribution in [0.1, 0.15) is 91.4 Å². The molecule has 0 heterocycles. The number of carboxylic acid groups (broad SMARTS) is 1. The molecule has 4 rings (SSSR count). The molecule has 0 aromatic carbocycles. The second-order valence-corrected chi connectivity index (χ2v) is 11.2. The lowest BCUT2D eigenvalue weighted by Gasteiger charge is -2.61. The van der Waals surface area contributed by atoms with Gasteiger partial charge in [-0.05, 0) is 97.7 Å². The van der Waals surface area contributed by atoms with E-state index < -0.39 is 12.1 Å². The monoisotopic (exact) mass is 376 g/mol. The molecule has 2 unspecified atom stereocenters. The van der Waals surface area contributed by atoms with Gasteiger partial charge in [0.25, 0.3) is 0 Å². The summed E-state index contributed by atoms with van der Waals surface area (Å²) >= 11 is 0. The third kappa shape index (κ3) is 3.07. The van der Waals surface area contributed by atoms with Crippen LogP contribution >= 0.6 is 0 Å². The van der Waals surface area contributed by atoms with Gasteiger partial charge < -0.3 is 10.2 Å². The van der Waals surface area contributed by atoms with Crippen LogP contribution in [0.3, 0.4) is 0 Å². The van der Waals surface area contributed by atoms with Crippen molar-refractivity contribution in [1.29, 1.82) is 0 Å². The first kappa shape index (κ1) is 19.7. The van der Waals surface area contributed by atoms with Gasteiger partial charge in [0, 0.05) is 0 Å². The van der Waals surface area contributed by atoms with Gasteiger partial charge in [-0.3, -0.25) is 4.79 Å². The van der Waals surface area contributed by atoms with E-state index in [0.29, 0.717) is 16.7 Å². The zero-order valence-electron chi connectivity index (χ0n) is 17.6. The van der Waals surface area contributed by atoms with Crippen molar-refractivity contribution in [2.24, 2.45) is 46.3 Å². The summed E-state index contributed by atoms with van der Waals surface area (Å²) in [4.78, 5) is 11.1. The Morgan fingerprint density at radius 3 is 2.44 bits per heavy atom. The third-order valence-corrected chi connectivity index (χ3v) is 10.3. The fourth-order valence-corrected chi connectivity index (χ4v) is 8.83. The Morgan fingerprint density at radius 2 is 1.70 bits per heavy atom. The quantitative estimate of drug-likeness (QED) is 0.680. The van der Waals surface area contributed by atoms with Gasteiger partial charge in [-0.15, -0.1) is 0 Å². The van der Waals surface area contributed by atoms with E-state index >= 15 is 0 Å². The molecule has 154 valence electrons. The van der Waals surface area contributed by atoms with Crippen LogP contribution in [-0.4, -0.2) is 22.3 Å². The second-order valence-electron chi connectivity index (χ2n) is 11.2. The van der Waals surface area contributed by atoms with Gasteiger partial charge in [0.1, 0.15) is 0 Å². The minimum Gasteiger partial charge on any atom is -0.481 e. The van der Waals surface area contributed by atoms with Crippen molar-refractivity contribution in [3.05, 3.63) is 0 Å². The molecule has 0 saturated heterocycles. The van der Waals surface area contributed by atoms with Crippen LogP contribution in [0.25, 0.3) is 0 Å². The van der Waals surface area contributed by atoms with Gasteiger partial charge in [0.05, 0.1) is 12.5 Å². The third-order valence-electron chi connectivity index (χ3n) is 10.3. The average molecular weight is 377 g/mol. The molecule has 0 spiro atoms. The summed E-state index contributed by atoms with van der Waals surface area (Å²) in [6, 6.07) is 0. The number of fused-ring (bicyclic) bond motifs is 5. The van der Waals surface area contributed by atoms with Gasteiger partial charge >= 0.3 is 5.97 Å². The smallest absolute Gasteiger partial charge is 0.305 e. The van der Waals surface area contributed by atoms with Crippen molar-refractivity contribution < 1.29 is 15.0 Å². The average Bonchev–Trinajstić information content (AvgIpc) is 2.97. The molecule has 3 nitrogen and oxygen atoms in total. The van der Waals surface area contributed by atoms with E-state index in [-0.39, 0.29) is 12.3 Å². The number of aliphatic hydroxyl groups excluding tert-OH is 1. The molecule has 4 saturated carbocycles. The molecule has 4 aliphatic carbocycles. The highest BCUT2D eigenvalue weighted by atomic mass is 16.4. The Balaban J connectivity index is 1.54. The van der Waals surface area contributed by atoms with E-state index in [9.17, 15) is 9.90 Å². The molecule has 0 radical (unpaired) electrons. The topological polar surface area (TPSA) is 57.5 Å². The molecule has 0 amide bonds. The Kier molecular flexibility index (Phi) is 5.15. The SMILES string of the molecule is C[C@H](C(O)CC(=O)O)[C@H]1CC[C@H]2[C@@H]3CCC4CCCC[C@]4(C)[C@H]3CC[C@]12C. The molecule has 4 aliphatic rings. The van der Waals surface area contributed by atoms with Crippen molar-refractivity contribution >= 4 is 5.97 Å². The van der Waals surface area contributed by atoms with Crippen LogP contribution in [-0.2, 0) is 4.79 Å². The number of aliphatic carboxylic acids is 1. The zero-order chi connectivity index (χ0) is 19.4. The minimum absolute atomic E-state index is 0.0919. The fraction of sp³-hybridized carbons (Fsp3) is 0.958. The zero-order valence-corrected chi connectivity index (χ0v) is 17.6. The molecule has 0 bridgehead atoms.